The molecule has 0 saturated carbocycles. The van der Waals surface area contributed by atoms with E-state index in [4.69, 9.17) is 0 Å². The first-order valence-corrected chi connectivity index (χ1v) is 9.44. The number of thiazole rings is 1. The van der Waals surface area contributed by atoms with Crippen LogP contribution in [0.2, 0.25) is 0 Å². The first-order chi connectivity index (χ1) is 9.02. The summed E-state index contributed by atoms with van der Waals surface area (Å²) >= 11 is 5.06. The Labute approximate surface area is 124 Å². The molecule has 7 heteroatoms. The number of sulfone groups is 1. The monoisotopic (exact) mass is 360 g/mol. The number of halogens is 1. The molecule has 0 bridgehead atoms. The minimum Gasteiger partial charge on any atom is -0.312 e. The number of benzene rings is 1. The number of hydrogen-bond donors (Lipinski definition) is 1. The molecule has 4 nitrogen and oxygen atoms in total. The number of aromatic nitrogens is 1. The van der Waals surface area contributed by atoms with E-state index in [-0.39, 0.29) is 17.5 Å². The van der Waals surface area contributed by atoms with Gasteiger partial charge in [0.1, 0.15) is 0 Å². The Hall–Kier alpha value is -0.500. The minimum atomic E-state index is -2.88. The smallest absolute Gasteiger partial charge is 0.153 e. The molecule has 1 fully saturated rings. The zero-order valence-corrected chi connectivity index (χ0v) is 13.3. The van der Waals surface area contributed by atoms with Crippen molar-refractivity contribution in [1.82, 2.24) is 10.3 Å². The van der Waals surface area contributed by atoms with Gasteiger partial charge in [0.15, 0.2) is 9.84 Å². The van der Waals surface area contributed by atoms with Gasteiger partial charge >= 0.3 is 0 Å². The molecule has 1 aliphatic rings. The fraction of sp³-hybridized carbons (Fsp3) is 0.417. The van der Waals surface area contributed by atoms with Gasteiger partial charge in [-0.15, -0.1) is 11.3 Å². The van der Waals surface area contributed by atoms with Gasteiger partial charge in [0, 0.05) is 23.5 Å². The average Bonchev–Trinajstić information content (AvgIpc) is 2.68. The predicted molar refractivity (Wildman–Crippen MR) is 81.5 cm³/mol. The van der Waals surface area contributed by atoms with E-state index in [1.807, 2.05) is 18.2 Å². The lowest BCUT2D eigenvalue weighted by Gasteiger charge is -2.22. The van der Waals surface area contributed by atoms with Gasteiger partial charge in [-0.25, -0.2) is 13.4 Å². The third kappa shape index (κ3) is 3.16. The molecule has 2 aromatic rings. The topological polar surface area (TPSA) is 59.1 Å². The van der Waals surface area contributed by atoms with Crippen LogP contribution in [0.25, 0.3) is 10.2 Å². The maximum Gasteiger partial charge on any atom is 0.153 e. The lowest BCUT2D eigenvalue weighted by molar-refractivity contribution is 0.515. The number of rotatable bonds is 2. The molecule has 1 atom stereocenters. The largest absolute Gasteiger partial charge is 0.312 e. The average molecular weight is 361 g/mol. The van der Waals surface area contributed by atoms with Crippen LogP contribution in [0, 0.1) is 0 Å². The van der Waals surface area contributed by atoms with Gasteiger partial charge in [-0.3, -0.25) is 0 Å². The molecule has 1 unspecified atom stereocenters. The van der Waals surface area contributed by atoms with Crippen LogP contribution in [0.5, 0.6) is 0 Å². The van der Waals surface area contributed by atoms with Crippen molar-refractivity contribution in [2.75, 3.05) is 18.1 Å². The summed E-state index contributed by atoms with van der Waals surface area (Å²) in [5.74, 6) is 0.461. The molecule has 1 N–H and O–H groups in total. The second-order valence-electron chi connectivity index (χ2n) is 4.69. The lowest BCUT2D eigenvalue weighted by atomic mass is 10.2. The first-order valence-electron chi connectivity index (χ1n) is 6.01. The standard InChI is InChI=1S/C12H13BrN2O2S2/c13-8-1-2-11-10(5-8)15-12(18-11)6-9-7-19(16,17)4-3-14-9/h1-2,5,9,14H,3-4,6-7H2. The van der Waals surface area contributed by atoms with Crippen molar-refractivity contribution in [2.24, 2.45) is 0 Å². The lowest BCUT2D eigenvalue weighted by Crippen LogP contribution is -2.46. The second-order valence-corrected chi connectivity index (χ2v) is 8.95. The second kappa shape index (κ2) is 5.12. The maximum absolute atomic E-state index is 11.6. The third-order valence-electron chi connectivity index (χ3n) is 3.12. The summed E-state index contributed by atoms with van der Waals surface area (Å²) in [5.41, 5.74) is 0.966. The van der Waals surface area contributed by atoms with Gasteiger partial charge in [-0.05, 0) is 18.2 Å². The molecular formula is C12H13BrN2O2S2. The summed E-state index contributed by atoms with van der Waals surface area (Å²) in [4.78, 5) is 4.57. The van der Waals surface area contributed by atoms with Gasteiger partial charge in [0.25, 0.3) is 0 Å². The van der Waals surface area contributed by atoms with Crippen LogP contribution in [-0.4, -0.2) is 37.5 Å². The summed E-state index contributed by atoms with van der Waals surface area (Å²) in [7, 11) is -2.88. The fourth-order valence-electron chi connectivity index (χ4n) is 2.24. The van der Waals surface area contributed by atoms with E-state index >= 15 is 0 Å². The number of nitrogens with zero attached hydrogens (tertiary/aromatic N) is 1. The van der Waals surface area contributed by atoms with Gasteiger partial charge in [-0.1, -0.05) is 15.9 Å². The van der Waals surface area contributed by atoms with Crippen molar-refractivity contribution in [3.63, 3.8) is 0 Å². The van der Waals surface area contributed by atoms with E-state index in [1.54, 1.807) is 11.3 Å². The molecule has 0 radical (unpaired) electrons. The van der Waals surface area contributed by atoms with Crippen LogP contribution in [0.1, 0.15) is 5.01 Å². The molecule has 3 rings (SSSR count). The highest BCUT2D eigenvalue weighted by Gasteiger charge is 2.25. The molecule has 0 amide bonds. The van der Waals surface area contributed by atoms with Gasteiger partial charge in [0.05, 0.1) is 26.7 Å². The molecule has 1 aliphatic heterocycles. The van der Waals surface area contributed by atoms with E-state index in [1.165, 1.54) is 0 Å². The van der Waals surface area contributed by atoms with Gasteiger partial charge in [-0.2, -0.15) is 0 Å². The van der Waals surface area contributed by atoms with Crippen molar-refractivity contribution >= 4 is 47.3 Å². The van der Waals surface area contributed by atoms with Crippen LogP contribution >= 0.6 is 27.3 Å². The highest BCUT2D eigenvalue weighted by atomic mass is 79.9. The highest BCUT2D eigenvalue weighted by Crippen LogP contribution is 2.26. The number of hydrogen-bond acceptors (Lipinski definition) is 5. The van der Waals surface area contributed by atoms with Crippen molar-refractivity contribution < 1.29 is 8.42 Å². The Morgan fingerprint density at radius 2 is 2.32 bits per heavy atom. The summed E-state index contributed by atoms with van der Waals surface area (Å²) in [6.45, 7) is 0.545. The third-order valence-corrected chi connectivity index (χ3v) is 6.40. The zero-order valence-electron chi connectivity index (χ0n) is 10.1. The summed E-state index contributed by atoms with van der Waals surface area (Å²) < 4.78 is 25.4. The Morgan fingerprint density at radius 3 is 3.11 bits per heavy atom. The molecule has 1 saturated heterocycles. The molecular weight excluding hydrogens is 348 g/mol. The van der Waals surface area contributed by atoms with E-state index in [2.05, 4.69) is 26.2 Å². The molecule has 2 heterocycles. The van der Waals surface area contributed by atoms with Crippen molar-refractivity contribution in [3.05, 3.63) is 27.7 Å². The Balaban J connectivity index is 1.81. The molecule has 19 heavy (non-hydrogen) atoms. The Morgan fingerprint density at radius 1 is 1.47 bits per heavy atom. The van der Waals surface area contributed by atoms with Crippen molar-refractivity contribution in [3.8, 4) is 0 Å². The van der Waals surface area contributed by atoms with Crippen molar-refractivity contribution in [2.45, 2.75) is 12.5 Å². The summed E-state index contributed by atoms with van der Waals surface area (Å²) in [6, 6.07) is 6.00. The zero-order chi connectivity index (χ0) is 13.5. The normalized spacial score (nSPS) is 22.7. The molecule has 102 valence electrons. The van der Waals surface area contributed by atoms with E-state index < -0.39 is 9.84 Å². The van der Waals surface area contributed by atoms with E-state index in [9.17, 15) is 8.42 Å². The molecule has 1 aromatic heterocycles. The van der Waals surface area contributed by atoms with Gasteiger partial charge in [0.2, 0.25) is 0 Å². The van der Waals surface area contributed by atoms with Crippen LogP contribution in [-0.2, 0) is 16.3 Å². The van der Waals surface area contributed by atoms with E-state index in [0.717, 1.165) is 19.7 Å². The molecule has 1 aromatic carbocycles. The SMILES string of the molecule is O=S1(=O)CCNC(Cc2nc3cc(Br)ccc3s2)C1. The maximum atomic E-state index is 11.6. The van der Waals surface area contributed by atoms with Crippen LogP contribution < -0.4 is 5.32 Å². The van der Waals surface area contributed by atoms with Crippen LogP contribution in [0.3, 0.4) is 0 Å². The summed E-state index contributed by atoms with van der Waals surface area (Å²) in [6.07, 6.45) is 0.677. The quantitative estimate of drug-likeness (QED) is 0.889. The number of fused-ring (bicyclic) bond motifs is 1. The van der Waals surface area contributed by atoms with Crippen LogP contribution in [0.4, 0.5) is 0 Å². The fourth-order valence-corrected chi connectivity index (χ4v) is 5.07. The first kappa shape index (κ1) is 13.5. The Kier molecular flexibility index (Phi) is 3.63. The molecule has 0 aliphatic carbocycles. The van der Waals surface area contributed by atoms with Crippen LogP contribution in [0.15, 0.2) is 22.7 Å². The Bertz CT molecular complexity index is 712. The van der Waals surface area contributed by atoms with E-state index in [0.29, 0.717) is 13.0 Å². The number of nitrogens with one attached hydrogen (secondary N) is 1. The predicted octanol–water partition coefficient (Wildman–Crippen LogP) is 1.99. The van der Waals surface area contributed by atoms with Gasteiger partial charge < -0.3 is 5.32 Å². The van der Waals surface area contributed by atoms with Crippen molar-refractivity contribution in [1.29, 1.82) is 0 Å². The highest BCUT2D eigenvalue weighted by molar-refractivity contribution is 9.10. The minimum absolute atomic E-state index is 0.0113. The molecule has 0 spiro atoms. The summed E-state index contributed by atoms with van der Waals surface area (Å²) in [5, 5.41) is 4.25.